The lowest BCUT2D eigenvalue weighted by atomic mass is 9.76. The molecule has 1 aromatic heterocycles. The number of carbonyl (C=O) groups excluding carboxylic acids is 3. The van der Waals surface area contributed by atoms with Crippen molar-refractivity contribution in [2.45, 2.75) is 122 Å². The van der Waals surface area contributed by atoms with Gasteiger partial charge in [0, 0.05) is 56.9 Å². The van der Waals surface area contributed by atoms with Crippen molar-refractivity contribution < 1.29 is 19.1 Å². The number of piperazine rings is 1. The Balaban J connectivity index is 1.02. The average Bonchev–Trinajstić information content (AvgIpc) is 3.60. The van der Waals surface area contributed by atoms with E-state index in [0.29, 0.717) is 38.3 Å². The fourth-order valence-corrected chi connectivity index (χ4v) is 8.14. The first kappa shape index (κ1) is 31.9. The number of hydrogen-bond donors (Lipinski definition) is 1. The SMILES string of the molecule is CCCCCCCCCC(=O)OC1CCC2(CC(=O)N(CCCCC3CNCCN3c3nsc4ccccc34)C(=O)C2)C1. The number of unbranched alkanes of at least 4 members (excludes halogenated alkanes) is 7. The van der Waals surface area contributed by atoms with Gasteiger partial charge in [0.25, 0.3) is 0 Å². The van der Waals surface area contributed by atoms with Crippen molar-refractivity contribution in [1.29, 1.82) is 0 Å². The van der Waals surface area contributed by atoms with Gasteiger partial charge in [-0.25, -0.2) is 0 Å². The van der Waals surface area contributed by atoms with Crippen molar-refractivity contribution in [3.63, 3.8) is 0 Å². The summed E-state index contributed by atoms with van der Waals surface area (Å²) in [6.45, 7) is 5.50. The molecule has 2 aromatic rings. The van der Waals surface area contributed by atoms with Gasteiger partial charge in [0.2, 0.25) is 11.8 Å². The van der Waals surface area contributed by atoms with Crippen LogP contribution in [0.2, 0.25) is 0 Å². The van der Waals surface area contributed by atoms with E-state index in [1.54, 1.807) is 11.5 Å². The van der Waals surface area contributed by atoms with Crippen molar-refractivity contribution in [1.82, 2.24) is 14.6 Å². The molecule has 1 aromatic carbocycles. The van der Waals surface area contributed by atoms with Crippen molar-refractivity contribution in [3.05, 3.63) is 24.3 Å². The number of fused-ring (bicyclic) bond motifs is 1. The topological polar surface area (TPSA) is 91.8 Å². The number of imide groups is 1. The number of benzene rings is 1. The Bertz CT molecular complexity index is 1210. The number of rotatable bonds is 15. The van der Waals surface area contributed by atoms with Gasteiger partial charge in [0.15, 0.2) is 5.82 Å². The minimum atomic E-state index is -0.334. The van der Waals surface area contributed by atoms with Crippen LogP contribution in [0.5, 0.6) is 0 Å². The molecule has 9 heteroatoms. The lowest BCUT2D eigenvalue weighted by Crippen LogP contribution is -2.51. The summed E-state index contributed by atoms with van der Waals surface area (Å²) in [6, 6.07) is 8.76. The van der Waals surface area contributed by atoms with Gasteiger partial charge in [0.1, 0.15) is 6.10 Å². The van der Waals surface area contributed by atoms with E-state index >= 15 is 0 Å². The second-order valence-electron chi connectivity index (χ2n) is 13.1. The van der Waals surface area contributed by atoms with Crippen LogP contribution in [0.15, 0.2) is 24.3 Å². The van der Waals surface area contributed by atoms with Gasteiger partial charge >= 0.3 is 5.97 Å². The average molecular weight is 611 g/mol. The summed E-state index contributed by atoms with van der Waals surface area (Å²) in [7, 11) is 0. The molecule has 2 atom stereocenters. The van der Waals surface area contributed by atoms with Gasteiger partial charge < -0.3 is 15.0 Å². The number of amides is 2. The number of likely N-dealkylation sites (tertiary alicyclic amines) is 1. The lowest BCUT2D eigenvalue weighted by molar-refractivity contribution is -0.154. The van der Waals surface area contributed by atoms with Crippen LogP contribution >= 0.6 is 11.5 Å². The third-order valence-corrected chi connectivity index (χ3v) is 10.6. The number of hydrogen-bond acceptors (Lipinski definition) is 8. The molecule has 0 bridgehead atoms. The zero-order valence-corrected chi connectivity index (χ0v) is 26.8. The Labute approximate surface area is 261 Å². The predicted molar refractivity (Wildman–Crippen MR) is 172 cm³/mol. The predicted octanol–water partition coefficient (Wildman–Crippen LogP) is 6.62. The molecule has 8 nitrogen and oxygen atoms in total. The van der Waals surface area contributed by atoms with Crippen LogP contribution < -0.4 is 10.2 Å². The summed E-state index contributed by atoms with van der Waals surface area (Å²) in [5.74, 6) is 0.847. The van der Waals surface area contributed by atoms with Crippen molar-refractivity contribution in [2.75, 3.05) is 31.1 Å². The van der Waals surface area contributed by atoms with Crippen LogP contribution in [0.3, 0.4) is 0 Å². The van der Waals surface area contributed by atoms with E-state index in [1.165, 1.54) is 47.1 Å². The maximum Gasteiger partial charge on any atom is 0.306 e. The quantitative estimate of drug-likeness (QED) is 0.138. The Hall–Kier alpha value is -2.52. The number of esters is 1. The van der Waals surface area contributed by atoms with Crippen molar-refractivity contribution in [2.24, 2.45) is 5.41 Å². The fourth-order valence-electron chi connectivity index (χ4n) is 7.36. The van der Waals surface area contributed by atoms with Crippen LogP contribution in [0.1, 0.15) is 110 Å². The van der Waals surface area contributed by atoms with E-state index < -0.39 is 0 Å². The van der Waals surface area contributed by atoms with Gasteiger partial charge in [-0.3, -0.25) is 19.3 Å². The van der Waals surface area contributed by atoms with E-state index in [9.17, 15) is 14.4 Å². The molecule has 3 heterocycles. The number of ether oxygens (including phenoxy) is 1. The van der Waals surface area contributed by atoms with Crippen LogP contribution in [-0.2, 0) is 19.1 Å². The zero-order valence-electron chi connectivity index (χ0n) is 26.0. The number of carbonyl (C=O) groups is 3. The molecule has 43 heavy (non-hydrogen) atoms. The molecule has 5 rings (SSSR count). The van der Waals surface area contributed by atoms with Gasteiger partial charge in [-0.1, -0.05) is 57.6 Å². The highest BCUT2D eigenvalue weighted by Crippen LogP contribution is 2.48. The summed E-state index contributed by atoms with van der Waals surface area (Å²) in [5, 5.41) is 4.74. The van der Waals surface area contributed by atoms with E-state index in [2.05, 4.69) is 41.4 Å². The highest BCUT2D eigenvalue weighted by atomic mass is 32.1. The molecule has 0 radical (unpaired) electrons. The fraction of sp³-hybridized carbons (Fsp3) is 0.706. The maximum atomic E-state index is 13.2. The van der Waals surface area contributed by atoms with Crippen molar-refractivity contribution in [3.8, 4) is 0 Å². The summed E-state index contributed by atoms with van der Waals surface area (Å²) in [5.41, 5.74) is -0.334. The highest BCUT2D eigenvalue weighted by molar-refractivity contribution is 7.13. The summed E-state index contributed by atoms with van der Waals surface area (Å²) < 4.78 is 11.8. The molecule has 2 unspecified atom stereocenters. The largest absolute Gasteiger partial charge is 0.462 e. The third kappa shape index (κ3) is 8.35. The molecule has 236 valence electrons. The van der Waals surface area contributed by atoms with E-state index in [0.717, 1.165) is 70.4 Å². The Morgan fingerprint density at radius 2 is 1.81 bits per heavy atom. The summed E-state index contributed by atoms with van der Waals surface area (Å²) in [4.78, 5) is 42.7. The first-order chi connectivity index (χ1) is 21.0. The van der Waals surface area contributed by atoms with Crippen LogP contribution in [0.4, 0.5) is 5.82 Å². The molecule has 3 fully saturated rings. The Morgan fingerprint density at radius 3 is 2.63 bits per heavy atom. The second-order valence-corrected chi connectivity index (χ2v) is 13.9. The van der Waals surface area contributed by atoms with Gasteiger partial charge in [-0.2, -0.15) is 4.37 Å². The van der Waals surface area contributed by atoms with Gasteiger partial charge in [-0.05, 0) is 74.0 Å². The molecule has 1 spiro atoms. The molecule has 2 saturated heterocycles. The maximum absolute atomic E-state index is 13.2. The number of aromatic nitrogens is 1. The lowest BCUT2D eigenvalue weighted by Gasteiger charge is -2.38. The second kappa shape index (κ2) is 15.5. The highest BCUT2D eigenvalue weighted by Gasteiger charge is 2.48. The first-order valence-electron chi connectivity index (χ1n) is 16.8. The van der Waals surface area contributed by atoms with E-state index in [1.807, 2.05) is 0 Å². The molecule has 1 N–H and O–H groups in total. The van der Waals surface area contributed by atoms with Crippen molar-refractivity contribution >= 4 is 45.2 Å². The number of piperidine rings is 1. The minimum absolute atomic E-state index is 0.0544. The molecule has 2 aliphatic heterocycles. The first-order valence-corrected chi connectivity index (χ1v) is 17.6. The zero-order chi connectivity index (χ0) is 30.1. The van der Waals surface area contributed by atoms with Crippen LogP contribution in [0.25, 0.3) is 10.1 Å². The van der Waals surface area contributed by atoms with E-state index in [4.69, 9.17) is 9.11 Å². The Morgan fingerprint density at radius 1 is 1.05 bits per heavy atom. The van der Waals surface area contributed by atoms with E-state index in [-0.39, 0.29) is 29.3 Å². The normalized spacial score (nSPS) is 22.2. The monoisotopic (exact) mass is 610 g/mol. The minimum Gasteiger partial charge on any atom is -0.462 e. The molecule has 1 aliphatic carbocycles. The summed E-state index contributed by atoms with van der Waals surface area (Å²) >= 11 is 1.56. The summed E-state index contributed by atoms with van der Waals surface area (Å²) in [6.07, 6.45) is 14.2. The number of anilines is 1. The molecule has 1 saturated carbocycles. The third-order valence-electron chi connectivity index (χ3n) is 9.74. The van der Waals surface area contributed by atoms with Gasteiger partial charge in [0.05, 0.1) is 4.70 Å². The molecular formula is C34H50N4O4S. The standard InChI is InChI=1S/C34H50N4O4S/c1-2-3-4-5-6-7-8-16-32(41)42-27-17-18-34(22-27)23-30(39)38(31(40)24-34)20-12-11-13-26-25-35-19-21-37(26)33-28-14-9-10-15-29(28)43-36-33/h9-10,14-15,26-27,35H,2-8,11-13,16-25H2,1H3. The molecule has 3 aliphatic rings. The van der Waals surface area contributed by atoms with Gasteiger partial charge in [-0.15, -0.1) is 0 Å². The molecular weight excluding hydrogens is 560 g/mol. The number of nitrogens with one attached hydrogen (secondary N) is 1. The smallest absolute Gasteiger partial charge is 0.306 e. The Kier molecular flexibility index (Phi) is 11.5. The van der Waals surface area contributed by atoms with Crippen LogP contribution in [-0.4, -0.2) is 65.4 Å². The molecule has 2 amide bonds. The van der Waals surface area contributed by atoms with Crippen LogP contribution in [0, 0.1) is 5.41 Å². The number of nitrogens with zero attached hydrogens (tertiary/aromatic N) is 3.